The first-order valence-corrected chi connectivity index (χ1v) is 12.4. The van der Waals surface area contributed by atoms with Crippen LogP contribution in [0.25, 0.3) is 0 Å². The van der Waals surface area contributed by atoms with Crippen LogP contribution in [-0.4, -0.2) is 65.9 Å². The van der Waals surface area contributed by atoms with Gasteiger partial charge in [0, 0.05) is 6.42 Å². The molecular formula is C27H40O9. The van der Waals surface area contributed by atoms with E-state index in [-0.39, 0.29) is 47.9 Å². The molecule has 3 aliphatic rings. The minimum absolute atomic E-state index is 0.0190. The van der Waals surface area contributed by atoms with Crippen LogP contribution in [-0.2, 0) is 33.4 Å². The topological polar surface area (TPSA) is 136 Å². The first-order chi connectivity index (χ1) is 16.9. The van der Waals surface area contributed by atoms with Gasteiger partial charge in [0.1, 0.15) is 0 Å². The predicted octanol–water partition coefficient (Wildman–Crippen LogP) is 2.84. The van der Waals surface area contributed by atoms with Gasteiger partial charge in [0.25, 0.3) is 0 Å². The number of aliphatic hydroxyl groups excluding tert-OH is 2. The molecule has 0 heterocycles. The second-order valence-corrected chi connectivity index (χ2v) is 8.90. The number of ether oxygens (including phenoxy) is 3. The highest BCUT2D eigenvalue weighted by atomic mass is 16.5. The molecule has 3 aliphatic carbocycles. The number of allylic oxidation sites excluding steroid dienone is 1. The van der Waals surface area contributed by atoms with Gasteiger partial charge in [-0.25, -0.2) is 0 Å². The summed E-state index contributed by atoms with van der Waals surface area (Å²) in [5, 5.41) is 18.4. The number of ketones is 1. The second kappa shape index (κ2) is 15.4. The van der Waals surface area contributed by atoms with Crippen LogP contribution in [0, 0.1) is 17.8 Å². The summed E-state index contributed by atoms with van der Waals surface area (Å²) in [5.41, 5.74) is 2.65. The monoisotopic (exact) mass is 508 g/mol. The summed E-state index contributed by atoms with van der Waals surface area (Å²) < 4.78 is 14.5. The van der Waals surface area contributed by atoms with Gasteiger partial charge in [-0.3, -0.25) is 19.2 Å². The molecule has 0 fully saturated rings. The molecule has 202 valence electrons. The molecule has 0 bridgehead atoms. The van der Waals surface area contributed by atoms with Crippen LogP contribution in [0.2, 0.25) is 0 Å². The van der Waals surface area contributed by atoms with Crippen LogP contribution >= 0.6 is 0 Å². The number of hydrogen-bond acceptors (Lipinski definition) is 9. The molecule has 9 nitrogen and oxygen atoms in total. The first-order valence-electron chi connectivity index (χ1n) is 12.4. The van der Waals surface area contributed by atoms with E-state index < -0.39 is 12.2 Å². The van der Waals surface area contributed by atoms with Gasteiger partial charge in [-0.2, -0.15) is 0 Å². The van der Waals surface area contributed by atoms with Crippen molar-refractivity contribution in [2.75, 3.05) is 19.8 Å². The first kappa shape index (κ1) is 31.3. The zero-order chi connectivity index (χ0) is 27.4. The molecule has 2 N–H and O–H groups in total. The Hall–Kier alpha value is -2.78. The van der Waals surface area contributed by atoms with Gasteiger partial charge in [-0.05, 0) is 60.5 Å². The quantitative estimate of drug-likeness (QED) is 0.315. The van der Waals surface area contributed by atoms with Crippen LogP contribution in [0.4, 0.5) is 0 Å². The van der Waals surface area contributed by atoms with E-state index >= 15 is 0 Å². The lowest BCUT2D eigenvalue weighted by Gasteiger charge is -2.10. The zero-order valence-corrected chi connectivity index (χ0v) is 22.1. The molecule has 0 aliphatic heterocycles. The normalized spacial score (nSPS) is 26.4. The lowest BCUT2D eigenvalue weighted by Crippen LogP contribution is -2.18. The predicted molar refractivity (Wildman–Crippen MR) is 133 cm³/mol. The third-order valence-electron chi connectivity index (χ3n) is 6.02. The lowest BCUT2D eigenvalue weighted by molar-refractivity contribution is -0.147. The molecule has 3 rings (SSSR count). The minimum Gasteiger partial charge on any atom is -0.466 e. The maximum atomic E-state index is 11.2. The molecule has 0 radical (unpaired) electrons. The van der Waals surface area contributed by atoms with E-state index in [1.54, 1.807) is 39.8 Å². The third-order valence-corrected chi connectivity index (χ3v) is 6.02. The van der Waals surface area contributed by atoms with Crippen molar-refractivity contribution >= 4 is 23.7 Å². The molecule has 9 heteroatoms. The van der Waals surface area contributed by atoms with Crippen molar-refractivity contribution < 1.29 is 43.6 Å². The Morgan fingerprint density at radius 1 is 0.722 bits per heavy atom. The van der Waals surface area contributed by atoms with Crippen molar-refractivity contribution in [3.8, 4) is 0 Å². The van der Waals surface area contributed by atoms with Crippen molar-refractivity contribution in [2.45, 2.75) is 73.0 Å². The highest BCUT2D eigenvalue weighted by molar-refractivity contribution is 5.98. The fourth-order valence-electron chi connectivity index (χ4n) is 4.17. The molecule has 36 heavy (non-hydrogen) atoms. The molecule has 0 aromatic carbocycles. The Labute approximate surface area is 213 Å². The number of esters is 3. The highest BCUT2D eigenvalue weighted by Gasteiger charge is 2.30. The SMILES string of the molecule is CCOC(=O)C1CC(=O)C=C1C.CCOC(=O)C1C[C@H](O)C=C1C.CCOC(=O)[C@H]1C[C@@H](O)C=C1C. The molecule has 0 saturated heterocycles. The maximum Gasteiger partial charge on any atom is 0.313 e. The number of carbonyl (C=O) groups excluding carboxylic acids is 4. The zero-order valence-electron chi connectivity index (χ0n) is 22.1. The Bertz CT molecular complexity index is 838. The molecule has 0 saturated carbocycles. The van der Waals surface area contributed by atoms with E-state index in [0.29, 0.717) is 32.7 Å². The van der Waals surface area contributed by atoms with Crippen molar-refractivity contribution in [1.82, 2.24) is 0 Å². The Kier molecular flexibility index (Phi) is 13.3. The fourth-order valence-corrected chi connectivity index (χ4v) is 4.17. The number of rotatable bonds is 6. The Balaban J connectivity index is 0.000000270. The molecule has 0 spiro atoms. The molecule has 2 unspecified atom stereocenters. The van der Waals surface area contributed by atoms with Gasteiger partial charge in [0.05, 0.1) is 49.8 Å². The molecular weight excluding hydrogens is 468 g/mol. The van der Waals surface area contributed by atoms with Crippen molar-refractivity contribution in [3.05, 3.63) is 34.9 Å². The van der Waals surface area contributed by atoms with E-state index in [1.165, 1.54) is 6.08 Å². The van der Waals surface area contributed by atoms with Crippen molar-refractivity contribution in [2.24, 2.45) is 17.8 Å². The summed E-state index contributed by atoms with van der Waals surface area (Å²) in [4.78, 5) is 44.5. The summed E-state index contributed by atoms with van der Waals surface area (Å²) >= 11 is 0. The standard InChI is InChI=1S/2C9H14O3.C9H12O3/c3*1-3-12-9(11)8-5-7(10)4-6(8)2/h2*4,7-8,10H,3,5H2,1-2H3;4,8H,3,5H2,1-2H3/t7-,8?;7-,8-;/m10./s1. The van der Waals surface area contributed by atoms with Crippen molar-refractivity contribution in [1.29, 1.82) is 0 Å². The van der Waals surface area contributed by atoms with Crippen LogP contribution in [0.3, 0.4) is 0 Å². The average Bonchev–Trinajstić information content (AvgIpc) is 3.44. The van der Waals surface area contributed by atoms with Crippen LogP contribution in [0.5, 0.6) is 0 Å². The Morgan fingerprint density at radius 2 is 1.08 bits per heavy atom. The van der Waals surface area contributed by atoms with Gasteiger partial charge in [-0.1, -0.05) is 28.9 Å². The smallest absolute Gasteiger partial charge is 0.313 e. The molecule has 0 aromatic heterocycles. The van der Waals surface area contributed by atoms with E-state index in [4.69, 9.17) is 14.2 Å². The van der Waals surface area contributed by atoms with Crippen LogP contribution in [0.15, 0.2) is 34.9 Å². The Morgan fingerprint density at radius 3 is 1.33 bits per heavy atom. The second-order valence-electron chi connectivity index (χ2n) is 8.90. The number of carbonyl (C=O) groups is 4. The van der Waals surface area contributed by atoms with Gasteiger partial charge < -0.3 is 24.4 Å². The van der Waals surface area contributed by atoms with E-state index in [9.17, 15) is 29.4 Å². The van der Waals surface area contributed by atoms with Gasteiger partial charge in [-0.15, -0.1) is 0 Å². The van der Waals surface area contributed by atoms with E-state index in [0.717, 1.165) is 16.7 Å². The van der Waals surface area contributed by atoms with E-state index in [1.807, 2.05) is 13.8 Å². The summed E-state index contributed by atoms with van der Waals surface area (Å²) in [5.74, 6) is -1.47. The summed E-state index contributed by atoms with van der Waals surface area (Å²) in [6.45, 7) is 12.0. The minimum atomic E-state index is -0.473. The fraction of sp³-hybridized carbons (Fsp3) is 0.630. The third kappa shape index (κ3) is 9.70. The summed E-state index contributed by atoms with van der Waals surface area (Å²) in [6.07, 6.45) is 5.23. The summed E-state index contributed by atoms with van der Waals surface area (Å²) in [6, 6.07) is 0. The lowest BCUT2D eigenvalue weighted by atomic mass is 10.0. The number of aliphatic hydroxyl groups is 2. The van der Waals surface area contributed by atoms with Gasteiger partial charge in [0.2, 0.25) is 0 Å². The maximum absolute atomic E-state index is 11.2. The molecule has 0 aromatic rings. The average molecular weight is 509 g/mol. The molecule has 0 amide bonds. The van der Waals surface area contributed by atoms with Crippen LogP contribution < -0.4 is 0 Å². The van der Waals surface area contributed by atoms with E-state index in [2.05, 4.69) is 0 Å². The highest BCUT2D eigenvalue weighted by Crippen LogP contribution is 2.27. The van der Waals surface area contributed by atoms with Gasteiger partial charge >= 0.3 is 17.9 Å². The largest absolute Gasteiger partial charge is 0.466 e. The molecule has 5 atom stereocenters. The summed E-state index contributed by atoms with van der Waals surface area (Å²) in [7, 11) is 0. The van der Waals surface area contributed by atoms with Crippen LogP contribution in [0.1, 0.15) is 60.8 Å². The van der Waals surface area contributed by atoms with Gasteiger partial charge in [0.15, 0.2) is 5.78 Å². The number of hydrogen-bond donors (Lipinski definition) is 2. The van der Waals surface area contributed by atoms with Crippen molar-refractivity contribution in [3.63, 3.8) is 0 Å².